The molecule has 2 aromatic rings. The van der Waals surface area contributed by atoms with Crippen LogP contribution >= 0.6 is 11.6 Å². The zero-order chi connectivity index (χ0) is 19.9. The number of aromatic hydroxyl groups is 1. The highest BCUT2D eigenvalue weighted by Gasteiger charge is 2.51. The number of phenolic OH excluding ortho intramolecular Hbond substituents is 1. The van der Waals surface area contributed by atoms with E-state index in [-0.39, 0.29) is 22.2 Å². The third-order valence-electron chi connectivity index (χ3n) is 5.50. The fraction of sp³-hybridized carbons (Fsp3) is 0.350. The molecule has 2 fully saturated rings. The first-order chi connectivity index (χ1) is 13.3. The van der Waals surface area contributed by atoms with Gasteiger partial charge in [0.2, 0.25) is 15.9 Å². The normalized spacial score (nSPS) is 18.8. The maximum absolute atomic E-state index is 12.9. The molecule has 1 aliphatic heterocycles. The molecule has 0 atom stereocenters. The summed E-state index contributed by atoms with van der Waals surface area (Å²) >= 11 is 5.93. The van der Waals surface area contributed by atoms with Crippen LogP contribution in [0.4, 0.5) is 5.69 Å². The highest BCUT2D eigenvalue weighted by Crippen LogP contribution is 2.49. The minimum Gasteiger partial charge on any atom is -0.506 e. The van der Waals surface area contributed by atoms with Gasteiger partial charge in [-0.25, -0.2) is 8.42 Å². The van der Waals surface area contributed by atoms with E-state index in [9.17, 15) is 18.3 Å². The minimum absolute atomic E-state index is 0.0684. The summed E-state index contributed by atoms with van der Waals surface area (Å²) in [7, 11) is -3.63. The van der Waals surface area contributed by atoms with Crippen LogP contribution < -0.4 is 5.32 Å². The van der Waals surface area contributed by atoms with Gasteiger partial charge in [-0.3, -0.25) is 4.79 Å². The second kappa shape index (κ2) is 7.06. The van der Waals surface area contributed by atoms with E-state index in [1.807, 2.05) is 12.1 Å². The SMILES string of the molecule is O=C(Nc1cc(S(=O)(=O)N2CCCC2)ccc1O)C1(c2ccc(Cl)cc2)CC1. The van der Waals surface area contributed by atoms with Crippen molar-refractivity contribution >= 4 is 33.2 Å². The topological polar surface area (TPSA) is 86.7 Å². The van der Waals surface area contributed by atoms with Gasteiger partial charge >= 0.3 is 0 Å². The molecule has 0 unspecified atom stereocenters. The van der Waals surface area contributed by atoms with Crippen molar-refractivity contribution in [2.45, 2.75) is 36.0 Å². The Hall–Kier alpha value is -2.09. The Labute approximate surface area is 169 Å². The number of sulfonamides is 1. The summed E-state index contributed by atoms with van der Waals surface area (Å²) in [6.07, 6.45) is 3.05. The number of amides is 1. The van der Waals surface area contributed by atoms with Crippen molar-refractivity contribution in [3.8, 4) is 5.75 Å². The summed E-state index contributed by atoms with van der Waals surface area (Å²) in [5.41, 5.74) is 0.293. The Morgan fingerprint density at radius 1 is 1.07 bits per heavy atom. The summed E-state index contributed by atoms with van der Waals surface area (Å²) in [6, 6.07) is 11.1. The molecular weight excluding hydrogens is 400 g/mol. The van der Waals surface area contributed by atoms with Crippen LogP contribution in [0.2, 0.25) is 5.02 Å². The largest absolute Gasteiger partial charge is 0.506 e. The quantitative estimate of drug-likeness (QED) is 0.725. The van der Waals surface area contributed by atoms with Crippen molar-refractivity contribution in [1.29, 1.82) is 0 Å². The molecule has 2 N–H and O–H groups in total. The zero-order valence-electron chi connectivity index (χ0n) is 15.2. The number of anilines is 1. The molecule has 0 bridgehead atoms. The molecule has 0 aromatic heterocycles. The molecule has 4 rings (SSSR count). The second-order valence-corrected chi connectivity index (χ2v) is 9.71. The highest BCUT2D eigenvalue weighted by molar-refractivity contribution is 7.89. The summed E-state index contributed by atoms with van der Waals surface area (Å²) in [5, 5.41) is 13.5. The van der Waals surface area contributed by atoms with E-state index < -0.39 is 15.4 Å². The first-order valence-electron chi connectivity index (χ1n) is 9.24. The number of nitrogens with zero attached hydrogens (tertiary/aromatic N) is 1. The van der Waals surface area contributed by atoms with E-state index in [0.717, 1.165) is 18.4 Å². The van der Waals surface area contributed by atoms with Gasteiger partial charge in [0, 0.05) is 18.1 Å². The van der Waals surface area contributed by atoms with Crippen molar-refractivity contribution in [1.82, 2.24) is 4.31 Å². The highest BCUT2D eigenvalue weighted by atomic mass is 35.5. The number of phenols is 1. The molecule has 1 aliphatic carbocycles. The lowest BCUT2D eigenvalue weighted by Crippen LogP contribution is -2.29. The predicted octanol–water partition coefficient (Wildman–Crippen LogP) is 3.50. The third kappa shape index (κ3) is 3.38. The number of rotatable bonds is 5. The monoisotopic (exact) mass is 420 g/mol. The van der Waals surface area contributed by atoms with E-state index in [4.69, 9.17) is 11.6 Å². The van der Waals surface area contributed by atoms with Crippen molar-refractivity contribution in [2.24, 2.45) is 0 Å². The van der Waals surface area contributed by atoms with Gasteiger partial charge in [0.05, 0.1) is 16.0 Å². The number of carbonyl (C=O) groups excluding carboxylic acids is 1. The van der Waals surface area contributed by atoms with E-state index >= 15 is 0 Å². The van der Waals surface area contributed by atoms with Crippen molar-refractivity contribution in [2.75, 3.05) is 18.4 Å². The zero-order valence-corrected chi connectivity index (χ0v) is 16.8. The Kier molecular flexibility index (Phi) is 4.85. The molecule has 1 saturated heterocycles. The van der Waals surface area contributed by atoms with Gasteiger partial charge in [0.15, 0.2) is 0 Å². The number of benzene rings is 2. The van der Waals surface area contributed by atoms with Crippen LogP contribution in [0.1, 0.15) is 31.2 Å². The van der Waals surface area contributed by atoms with Gasteiger partial charge in [-0.05, 0) is 61.6 Å². The van der Waals surface area contributed by atoms with Gasteiger partial charge in [0.1, 0.15) is 5.75 Å². The van der Waals surface area contributed by atoms with Gasteiger partial charge in [0.25, 0.3) is 0 Å². The Balaban J connectivity index is 1.60. The molecule has 0 radical (unpaired) electrons. The van der Waals surface area contributed by atoms with Crippen molar-refractivity contribution in [3.05, 3.63) is 53.1 Å². The standard InChI is InChI=1S/C20H21ClN2O4S/c21-15-5-3-14(4-6-15)20(9-10-20)19(25)22-17-13-16(7-8-18(17)24)28(26,27)23-11-1-2-12-23/h3-8,13,24H,1-2,9-12H2,(H,22,25). The summed E-state index contributed by atoms with van der Waals surface area (Å²) in [6.45, 7) is 0.981. The van der Waals surface area contributed by atoms with Crippen LogP contribution in [-0.2, 0) is 20.2 Å². The molecule has 1 saturated carbocycles. The molecule has 2 aromatic carbocycles. The number of halogens is 1. The van der Waals surface area contributed by atoms with Crippen LogP contribution in [0, 0.1) is 0 Å². The van der Waals surface area contributed by atoms with Crippen molar-refractivity contribution in [3.63, 3.8) is 0 Å². The number of nitrogens with one attached hydrogen (secondary N) is 1. The van der Waals surface area contributed by atoms with Crippen LogP contribution in [0.25, 0.3) is 0 Å². The molecule has 0 spiro atoms. The molecule has 1 amide bonds. The number of hydrogen-bond donors (Lipinski definition) is 2. The van der Waals surface area contributed by atoms with E-state index in [2.05, 4.69) is 5.32 Å². The van der Waals surface area contributed by atoms with Crippen molar-refractivity contribution < 1.29 is 18.3 Å². The summed E-state index contributed by atoms with van der Waals surface area (Å²) in [4.78, 5) is 13.0. The maximum atomic E-state index is 12.9. The van der Waals surface area contributed by atoms with Crippen LogP contribution in [0.3, 0.4) is 0 Å². The molecule has 8 heteroatoms. The summed E-state index contributed by atoms with van der Waals surface area (Å²) in [5.74, 6) is -0.429. The lowest BCUT2D eigenvalue weighted by molar-refractivity contribution is -0.118. The fourth-order valence-electron chi connectivity index (χ4n) is 3.64. The molecular formula is C20H21ClN2O4S. The lowest BCUT2D eigenvalue weighted by atomic mass is 9.95. The van der Waals surface area contributed by atoms with Gasteiger partial charge in [-0.2, -0.15) is 4.31 Å². The average molecular weight is 421 g/mol. The number of carbonyl (C=O) groups is 1. The molecule has 28 heavy (non-hydrogen) atoms. The van der Waals surface area contributed by atoms with E-state index in [0.29, 0.717) is 31.0 Å². The molecule has 6 nitrogen and oxygen atoms in total. The average Bonchev–Trinajstić information content (AvgIpc) is 3.29. The lowest BCUT2D eigenvalue weighted by Gasteiger charge is -2.19. The maximum Gasteiger partial charge on any atom is 0.243 e. The Bertz CT molecular complexity index is 1010. The van der Waals surface area contributed by atoms with Crippen LogP contribution in [0.15, 0.2) is 47.4 Å². The van der Waals surface area contributed by atoms with Gasteiger partial charge in [-0.1, -0.05) is 23.7 Å². The second-order valence-electron chi connectivity index (χ2n) is 7.33. The van der Waals surface area contributed by atoms with Gasteiger partial charge in [-0.15, -0.1) is 0 Å². The summed E-state index contributed by atoms with van der Waals surface area (Å²) < 4.78 is 27.0. The Morgan fingerprint density at radius 2 is 1.71 bits per heavy atom. The van der Waals surface area contributed by atoms with Gasteiger partial charge < -0.3 is 10.4 Å². The predicted molar refractivity (Wildman–Crippen MR) is 107 cm³/mol. The first-order valence-corrected chi connectivity index (χ1v) is 11.1. The van der Waals surface area contributed by atoms with E-state index in [1.165, 1.54) is 22.5 Å². The molecule has 148 valence electrons. The third-order valence-corrected chi connectivity index (χ3v) is 7.65. The Morgan fingerprint density at radius 3 is 2.32 bits per heavy atom. The fourth-order valence-corrected chi connectivity index (χ4v) is 5.31. The van der Waals surface area contributed by atoms with E-state index in [1.54, 1.807) is 12.1 Å². The van der Waals surface area contributed by atoms with Crippen LogP contribution in [-0.4, -0.2) is 36.8 Å². The molecule has 2 aliphatic rings. The molecule has 1 heterocycles. The minimum atomic E-state index is -3.63. The number of hydrogen-bond acceptors (Lipinski definition) is 4. The smallest absolute Gasteiger partial charge is 0.243 e. The van der Waals surface area contributed by atoms with Crippen LogP contribution in [0.5, 0.6) is 5.75 Å². The first kappa shape index (κ1) is 19.2.